The van der Waals surface area contributed by atoms with Gasteiger partial charge in [-0.1, -0.05) is 6.92 Å². The van der Waals surface area contributed by atoms with Gasteiger partial charge < -0.3 is 19.9 Å². The topological polar surface area (TPSA) is 97.4 Å². The first-order valence-corrected chi connectivity index (χ1v) is 11.4. The van der Waals surface area contributed by atoms with Crippen molar-refractivity contribution < 1.29 is 4.74 Å². The van der Waals surface area contributed by atoms with Crippen LogP contribution in [0.3, 0.4) is 0 Å². The molecule has 2 N–H and O–H groups in total. The number of aryl methyl sites for hydroxylation is 4. The highest BCUT2D eigenvalue weighted by atomic mass is 127. The summed E-state index contributed by atoms with van der Waals surface area (Å²) in [6.07, 6.45) is 3.62. The third-order valence-corrected chi connectivity index (χ3v) is 5.38. The quantitative estimate of drug-likeness (QED) is 0.185. The number of aromatic nitrogens is 5. The van der Waals surface area contributed by atoms with Crippen LogP contribution in [0.5, 0.6) is 0 Å². The number of nitrogens with zero attached hydrogens (tertiary/aromatic N) is 7. The molecule has 3 heterocycles. The highest BCUT2D eigenvalue weighted by Crippen LogP contribution is 2.02. The van der Waals surface area contributed by atoms with Gasteiger partial charge in [0.25, 0.3) is 0 Å². The van der Waals surface area contributed by atoms with Crippen LogP contribution >= 0.6 is 24.0 Å². The van der Waals surface area contributed by atoms with E-state index in [2.05, 4.69) is 60.0 Å². The molecule has 1 saturated heterocycles. The molecule has 11 heteroatoms. The van der Waals surface area contributed by atoms with E-state index in [-0.39, 0.29) is 24.0 Å². The van der Waals surface area contributed by atoms with Crippen LogP contribution in [0.15, 0.2) is 17.4 Å². The summed E-state index contributed by atoms with van der Waals surface area (Å²) in [6, 6.07) is 2.11. The molecular weight excluding hydrogens is 521 g/mol. The highest BCUT2D eigenvalue weighted by molar-refractivity contribution is 14.0. The van der Waals surface area contributed by atoms with E-state index in [0.717, 1.165) is 95.9 Å². The molecule has 32 heavy (non-hydrogen) atoms. The minimum absolute atomic E-state index is 0. The zero-order chi connectivity index (χ0) is 21.9. The van der Waals surface area contributed by atoms with Crippen LogP contribution < -0.4 is 10.6 Å². The number of morpholine rings is 1. The maximum Gasteiger partial charge on any atom is 0.191 e. The van der Waals surface area contributed by atoms with Gasteiger partial charge in [0.1, 0.15) is 12.2 Å². The highest BCUT2D eigenvalue weighted by Gasteiger charge is 2.10. The first kappa shape index (κ1) is 26.5. The summed E-state index contributed by atoms with van der Waals surface area (Å²) in [5, 5.41) is 19.6. The lowest BCUT2D eigenvalue weighted by molar-refractivity contribution is 0.0389. The van der Waals surface area contributed by atoms with E-state index < -0.39 is 0 Å². The van der Waals surface area contributed by atoms with Gasteiger partial charge in [-0.25, -0.2) is 0 Å². The number of guanidine groups is 1. The predicted octanol–water partition coefficient (Wildman–Crippen LogP) is 1.23. The molecule has 1 fully saturated rings. The fourth-order valence-corrected chi connectivity index (χ4v) is 3.68. The largest absolute Gasteiger partial charge is 0.379 e. The lowest BCUT2D eigenvalue weighted by atomic mass is 10.4. The minimum atomic E-state index is 0. The van der Waals surface area contributed by atoms with Gasteiger partial charge in [0.2, 0.25) is 0 Å². The zero-order valence-corrected chi connectivity index (χ0v) is 21.9. The summed E-state index contributed by atoms with van der Waals surface area (Å²) < 4.78 is 9.57. The third-order valence-electron chi connectivity index (χ3n) is 5.38. The van der Waals surface area contributed by atoms with Crippen LogP contribution in [-0.2, 0) is 24.2 Å². The Morgan fingerprint density at radius 2 is 1.88 bits per heavy atom. The molecule has 0 amide bonds. The number of aliphatic imine (C=N–C) groups is 1. The Morgan fingerprint density at radius 1 is 1.12 bits per heavy atom. The Labute approximate surface area is 208 Å². The van der Waals surface area contributed by atoms with Gasteiger partial charge in [-0.3, -0.25) is 14.6 Å². The molecule has 2 aromatic rings. The molecule has 0 spiro atoms. The van der Waals surface area contributed by atoms with E-state index in [0.29, 0.717) is 0 Å². The van der Waals surface area contributed by atoms with Gasteiger partial charge in [-0.2, -0.15) is 5.10 Å². The summed E-state index contributed by atoms with van der Waals surface area (Å²) in [4.78, 5) is 7.21. The molecule has 2 aromatic heterocycles. The Balaban J connectivity index is 0.00000363. The molecule has 0 unspecified atom stereocenters. The number of rotatable bonds is 11. The van der Waals surface area contributed by atoms with Crippen molar-refractivity contribution in [2.24, 2.45) is 4.99 Å². The van der Waals surface area contributed by atoms with Crippen molar-refractivity contribution in [3.63, 3.8) is 0 Å². The molecule has 1 aliphatic heterocycles. The lowest BCUT2D eigenvalue weighted by Crippen LogP contribution is -2.45. The summed E-state index contributed by atoms with van der Waals surface area (Å²) in [6.45, 7) is 14.9. The third kappa shape index (κ3) is 8.66. The van der Waals surface area contributed by atoms with E-state index in [1.807, 2.05) is 6.92 Å². The Hall–Kier alpha value is -1.73. The van der Waals surface area contributed by atoms with Gasteiger partial charge >= 0.3 is 0 Å². The summed E-state index contributed by atoms with van der Waals surface area (Å²) in [5.74, 6) is 1.86. The maximum absolute atomic E-state index is 5.43. The van der Waals surface area contributed by atoms with Crippen LogP contribution in [0.1, 0.15) is 30.6 Å². The normalized spacial score (nSPS) is 14.9. The lowest BCUT2D eigenvalue weighted by Gasteiger charge is -2.26. The standard InChI is InChI=1S/C21H37N9O.HI/c1-4-20-26-25-17-29(20)11-8-24-21(23-7-10-28-12-14-31-15-13-28)22-6-5-9-30-19(3)16-18(2)27-30;/h16-17H,4-15H2,1-3H3,(H2,22,23,24);1H. The molecule has 0 aliphatic carbocycles. The first-order chi connectivity index (χ1) is 15.2. The second-order valence-electron chi connectivity index (χ2n) is 7.84. The second-order valence-corrected chi connectivity index (χ2v) is 7.84. The number of hydrogen-bond donors (Lipinski definition) is 2. The van der Waals surface area contributed by atoms with E-state index in [9.17, 15) is 0 Å². The predicted molar refractivity (Wildman–Crippen MR) is 137 cm³/mol. The van der Waals surface area contributed by atoms with Crippen LogP contribution in [-0.4, -0.2) is 87.9 Å². The number of ether oxygens (including phenoxy) is 1. The smallest absolute Gasteiger partial charge is 0.191 e. The first-order valence-electron chi connectivity index (χ1n) is 11.4. The van der Waals surface area contributed by atoms with E-state index in [4.69, 9.17) is 9.73 Å². The summed E-state index contributed by atoms with van der Waals surface area (Å²) >= 11 is 0. The monoisotopic (exact) mass is 559 g/mol. The van der Waals surface area contributed by atoms with Crippen molar-refractivity contribution in [1.29, 1.82) is 0 Å². The van der Waals surface area contributed by atoms with Crippen LogP contribution in [0.25, 0.3) is 0 Å². The van der Waals surface area contributed by atoms with Crippen molar-refractivity contribution in [3.8, 4) is 0 Å². The molecule has 0 bridgehead atoms. The molecule has 1 aliphatic rings. The number of hydrogen-bond acceptors (Lipinski definition) is 6. The average Bonchev–Trinajstić information content (AvgIpc) is 3.36. The van der Waals surface area contributed by atoms with Gasteiger partial charge in [0.05, 0.1) is 18.9 Å². The Bertz CT molecular complexity index is 814. The average molecular weight is 560 g/mol. The second kappa shape index (κ2) is 14.4. The molecule has 0 aromatic carbocycles. The molecule has 180 valence electrons. The summed E-state index contributed by atoms with van der Waals surface area (Å²) in [5.41, 5.74) is 2.26. The molecule has 3 rings (SSSR count). The van der Waals surface area contributed by atoms with Gasteiger partial charge in [-0.05, 0) is 26.3 Å². The zero-order valence-electron chi connectivity index (χ0n) is 19.6. The van der Waals surface area contributed by atoms with Crippen LogP contribution in [0.4, 0.5) is 0 Å². The van der Waals surface area contributed by atoms with Crippen molar-refractivity contribution in [3.05, 3.63) is 29.6 Å². The van der Waals surface area contributed by atoms with Crippen molar-refractivity contribution >= 4 is 29.9 Å². The number of nitrogens with one attached hydrogen (secondary N) is 2. The maximum atomic E-state index is 5.43. The van der Waals surface area contributed by atoms with Crippen molar-refractivity contribution in [2.45, 2.75) is 46.7 Å². The van der Waals surface area contributed by atoms with Gasteiger partial charge in [0, 0.05) is 64.5 Å². The summed E-state index contributed by atoms with van der Waals surface area (Å²) in [7, 11) is 0. The van der Waals surface area contributed by atoms with Crippen molar-refractivity contribution in [2.75, 3.05) is 52.5 Å². The molecular formula is C21H38IN9O. The molecule has 10 nitrogen and oxygen atoms in total. The molecule has 0 radical (unpaired) electrons. The van der Waals surface area contributed by atoms with E-state index in [1.54, 1.807) is 6.33 Å². The Kier molecular flexibility index (Phi) is 12.0. The van der Waals surface area contributed by atoms with Crippen LogP contribution in [0.2, 0.25) is 0 Å². The van der Waals surface area contributed by atoms with Gasteiger partial charge in [0.15, 0.2) is 5.96 Å². The van der Waals surface area contributed by atoms with E-state index in [1.165, 1.54) is 5.69 Å². The molecule has 0 atom stereocenters. The minimum Gasteiger partial charge on any atom is -0.379 e. The van der Waals surface area contributed by atoms with E-state index >= 15 is 0 Å². The fourth-order valence-electron chi connectivity index (χ4n) is 3.68. The van der Waals surface area contributed by atoms with Crippen molar-refractivity contribution in [1.82, 2.24) is 40.1 Å². The number of halogens is 1. The fraction of sp³-hybridized carbons (Fsp3) is 0.714. The van der Waals surface area contributed by atoms with Crippen LogP contribution in [0, 0.1) is 13.8 Å². The SMILES string of the molecule is CCc1nncn1CCNC(=NCCCn1nc(C)cc1C)NCCN1CCOCC1.I. The van der Waals surface area contributed by atoms with Gasteiger partial charge in [-0.15, -0.1) is 34.2 Å². The Morgan fingerprint density at radius 3 is 2.56 bits per heavy atom. The molecule has 0 saturated carbocycles.